The van der Waals surface area contributed by atoms with E-state index in [4.69, 9.17) is 0 Å². The number of nitrogens with zero attached hydrogens (tertiary/aromatic N) is 1. The fourth-order valence-corrected chi connectivity index (χ4v) is 1.81. The Bertz CT molecular complexity index is 481. The number of rotatable bonds is 4. The molecule has 4 nitrogen and oxygen atoms in total. The summed E-state index contributed by atoms with van der Waals surface area (Å²) >= 11 is 0. The molecule has 1 rings (SSSR count). The summed E-state index contributed by atoms with van der Waals surface area (Å²) in [6.45, 7) is 7.68. The van der Waals surface area contributed by atoms with Crippen molar-refractivity contribution in [2.45, 2.75) is 27.7 Å². The Labute approximate surface area is 114 Å². The van der Waals surface area contributed by atoms with Gasteiger partial charge < -0.3 is 10.2 Å². The predicted molar refractivity (Wildman–Crippen MR) is 77.0 cm³/mol. The summed E-state index contributed by atoms with van der Waals surface area (Å²) in [5.41, 5.74) is 2.98. The van der Waals surface area contributed by atoms with Gasteiger partial charge in [-0.1, -0.05) is 26.0 Å². The first-order valence-corrected chi connectivity index (χ1v) is 6.44. The van der Waals surface area contributed by atoms with Gasteiger partial charge in [0.2, 0.25) is 11.8 Å². The predicted octanol–water partition coefficient (Wildman–Crippen LogP) is 2.36. The SMILES string of the molecule is Cc1cccc(NC(=O)CN(C)C(=O)C(C)C)c1C. The Morgan fingerprint density at radius 3 is 2.47 bits per heavy atom. The number of benzene rings is 1. The molecule has 4 heteroatoms. The maximum atomic E-state index is 11.9. The molecule has 0 saturated carbocycles. The van der Waals surface area contributed by atoms with Crippen LogP contribution in [0.25, 0.3) is 0 Å². The molecule has 0 aliphatic rings. The number of nitrogens with one attached hydrogen (secondary N) is 1. The molecule has 1 N–H and O–H groups in total. The van der Waals surface area contributed by atoms with Gasteiger partial charge in [-0.2, -0.15) is 0 Å². The largest absolute Gasteiger partial charge is 0.336 e. The Hall–Kier alpha value is -1.84. The maximum absolute atomic E-state index is 11.9. The third-order valence-corrected chi connectivity index (χ3v) is 3.13. The van der Waals surface area contributed by atoms with Crippen molar-refractivity contribution in [1.29, 1.82) is 0 Å². The Balaban J connectivity index is 2.66. The van der Waals surface area contributed by atoms with Gasteiger partial charge in [0.15, 0.2) is 0 Å². The molecular weight excluding hydrogens is 240 g/mol. The fourth-order valence-electron chi connectivity index (χ4n) is 1.81. The van der Waals surface area contributed by atoms with E-state index in [0.29, 0.717) is 0 Å². The van der Waals surface area contributed by atoms with Crippen LogP contribution in [0, 0.1) is 19.8 Å². The highest BCUT2D eigenvalue weighted by atomic mass is 16.2. The molecule has 0 unspecified atom stereocenters. The monoisotopic (exact) mass is 262 g/mol. The van der Waals surface area contributed by atoms with Gasteiger partial charge in [-0.05, 0) is 31.0 Å². The third-order valence-electron chi connectivity index (χ3n) is 3.13. The second-order valence-corrected chi connectivity index (χ2v) is 5.14. The van der Waals surface area contributed by atoms with Crippen molar-refractivity contribution in [2.75, 3.05) is 18.9 Å². The zero-order valence-electron chi connectivity index (χ0n) is 12.3. The first-order chi connectivity index (χ1) is 8.82. The van der Waals surface area contributed by atoms with Crippen molar-refractivity contribution < 1.29 is 9.59 Å². The average molecular weight is 262 g/mol. The molecular formula is C15H22N2O2. The van der Waals surface area contributed by atoms with Crippen molar-refractivity contribution >= 4 is 17.5 Å². The maximum Gasteiger partial charge on any atom is 0.243 e. The molecule has 0 aromatic heterocycles. The molecule has 2 amide bonds. The molecule has 0 fully saturated rings. The molecule has 0 aliphatic carbocycles. The van der Waals surface area contributed by atoms with Crippen molar-refractivity contribution in [3.8, 4) is 0 Å². The second kappa shape index (κ2) is 6.36. The average Bonchev–Trinajstić information content (AvgIpc) is 2.33. The lowest BCUT2D eigenvalue weighted by atomic mass is 10.1. The quantitative estimate of drug-likeness (QED) is 0.905. The van der Waals surface area contributed by atoms with Crippen molar-refractivity contribution in [3.05, 3.63) is 29.3 Å². The minimum absolute atomic E-state index is 0.0314. The highest BCUT2D eigenvalue weighted by molar-refractivity contribution is 5.95. The first-order valence-electron chi connectivity index (χ1n) is 6.44. The van der Waals surface area contributed by atoms with Crippen LogP contribution in [0.3, 0.4) is 0 Å². The van der Waals surface area contributed by atoms with Crippen LogP contribution in [0.1, 0.15) is 25.0 Å². The summed E-state index contributed by atoms with van der Waals surface area (Å²) in [7, 11) is 1.64. The van der Waals surface area contributed by atoms with E-state index in [1.54, 1.807) is 7.05 Å². The number of hydrogen-bond acceptors (Lipinski definition) is 2. The minimum atomic E-state index is -0.176. The highest BCUT2D eigenvalue weighted by Crippen LogP contribution is 2.17. The minimum Gasteiger partial charge on any atom is -0.336 e. The molecule has 1 aromatic carbocycles. The van der Waals surface area contributed by atoms with Gasteiger partial charge in [0, 0.05) is 18.7 Å². The van der Waals surface area contributed by atoms with Gasteiger partial charge in [0.25, 0.3) is 0 Å². The topological polar surface area (TPSA) is 49.4 Å². The molecule has 0 aliphatic heterocycles. The number of hydrogen-bond donors (Lipinski definition) is 1. The number of amides is 2. The smallest absolute Gasteiger partial charge is 0.243 e. The summed E-state index contributed by atoms with van der Waals surface area (Å²) in [6, 6.07) is 5.77. The van der Waals surface area contributed by atoms with Crippen LogP contribution in [-0.2, 0) is 9.59 Å². The van der Waals surface area contributed by atoms with Gasteiger partial charge in [-0.25, -0.2) is 0 Å². The molecule has 0 bridgehead atoms. The van der Waals surface area contributed by atoms with Crippen molar-refractivity contribution in [3.63, 3.8) is 0 Å². The van der Waals surface area contributed by atoms with Gasteiger partial charge in [0.1, 0.15) is 0 Å². The van der Waals surface area contributed by atoms with Crippen LogP contribution in [0.5, 0.6) is 0 Å². The van der Waals surface area contributed by atoms with Crippen LogP contribution >= 0.6 is 0 Å². The van der Waals surface area contributed by atoms with E-state index in [1.165, 1.54) is 4.90 Å². The van der Waals surface area contributed by atoms with Gasteiger partial charge in [0.05, 0.1) is 6.54 Å². The summed E-state index contributed by atoms with van der Waals surface area (Å²) in [4.78, 5) is 25.1. The van der Waals surface area contributed by atoms with E-state index in [0.717, 1.165) is 16.8 Å². The Morgan fingerprint density at radius 2 is 1.89 bits per heavy atom. The lowest BCUT2D eigenvalue weighted by Crippen LogP contribution is -2.37. The number of carbonyl (C=O) groups excluding carboxylic acids is 2. The van der Waals surface area contributed by atoms with Crippen LogP contribution < -0.4 is 5.32 Å². The van der Waals surface area contributed by atoms with E-state index >= 15 is 0 Å². The van der Waals surface area contributed by atoms with E-state index < -0.39 is 0 Å². The van der Waals surface area contributed by atoms with Crippen molar-refractivity contribution in [1.82, 2.24) is 4.90 Å². The fraction of sp³-hybridized carbons (Fsp3) is 0.467. The van der Waals surface area contributed by atoms with E-state index in [-0.39, 0.29) is 24.3 Å². The molecule has 19 heavy (non-hydrogen) atoms. The molecule has 0 radical (unpaired) electrons. The van der Waals surface area contributed by atoms with Crippen LogP contribution in [0.2, 0.25) is 0 Å². The molecule has 104 valence electrons. The number of carbonyl (C=O) groups is 2. The number of likely N-dealkylation sites (N-methyl/N-ethyl adjacent to an activating group) is 1. The molecule has 0 spiro atoms. The molecule has 0 saturated heterocycles. The summed E-state index contributed by atoms with van der Waals surface area (Å²) < 4.78 is 0. The first kappa shape index (κ1) is 15.2. The van der Waals surface area contributed by atoms with E-state index in [2.05, 4.69) is 5.32 Å². The highest BCUT2D eigenvalue weighted by Gasteiger charge is 2.16. The standard InChI is InChI=1S/C15H22N2O2/c1-10(2)15(19)17(5)9-14(18)16-13-8-6-7-11(3)12(13)4/h6-8,10H,9H2,1-5H3,(H,16,18). The Morgan fingerprint density at radius 1 is 1.26 bits per heavy atom. The third kappa shape index (κ3) is 4.09. The number of anilines is 1. The zero-order valence-corrected chi connectivity index (χ0v) is 12.3. The summed E-state index contributed by atoms with van der Waals surface area (Å²) in [6.07, 6.45) is 0. The van der Waals surface area contributed by atoms with Crippen molar-refractivity contribution in [2.24, 2.45) is 5.92 Å². The van der Waals surface area contributed by atoms with E-state index in [1.807, 2.05) is 45.9 Å². The van der Waals surface area contributed by atoms with Gasteiger partial charge in [-0.3, -0.25) is 9.59 Å². The Kier molecular flexibility index (Phi) is 5.10. The van der Waals surface area contributed by atoms with Gasteiger partial charge >= 0.3 is 0 Å². The lowest BCUT2D eigenvalue weighted by molar-refractivity contribution is -0.136. The van der Waals surface area contributed by atoms with Crippen LogP contribution in [0.4, 0.5) is 5.69 Å². The van der Waals surface area contributed by atoms with Gasteiger partial charge in [-0.15, -0.1) is 0 Å². The van der Waals surface area contributed by atoms with Crippen LogP contribution in [0.15, 0.2) is 18.2 Å². The molecule has 1 aromatic rings. The zero-order chi connectivity index (χ0) is 14.6. The second-order valence-electron chi connectivity index (χ2n) is 5.14. The van der Waals surface area contributed by atoms with E-state index in [9.17, 15) is 9.59 Å². The summed E-state index contributed by atoms with van der Waals surface area (Å²) in [5, 5.41) is 2.84. The van der Waals surface area contributed by atoms with Crippen LogP contribution in [-0.4, -0.2) is 30.3 Å². The lowest BCUT2D eigenvalue weighted by Gasteiger charge is -2.19. The normalized spacial score (nSPS) is 10.4. The molecule has 0 atom stereocenters. The molecule has 0 heterocycles. The summed E-state index contributed by atoms with van der Waals surface area (Å²) in [5.74, 6) is -0.306. The number of aryl methyl sites for hydroxylation is 1.